The summed E-state index contributed by atoms with van der Waals surface area (Å²) in [5, 5.41) is -0.0244. The van der Waals surface area contributed by atoms with Crippen molar-refractivity contribution in [3.63, 3.8) is 0 Å². The van der Waals surface area contributed by atoms with Crippen LogP contribution in [0.3, 0.4) is 0 Å². The minimum Gasteiger partial charge on any atom is -0.368 e. The van der Waals surface area contributed by atoms with Crippen LogP contribution in [0.4, 0.5) is 10.3 Å². The molecule has 0 bridgehead atoms. The van der Waals surface area contributed by atoms with Gasteiger partial charge in [-0.25, -0.2) is 9.37 Å². The maximum atomic E-state index is 12.6. The lowest BCUT2D eigenvalue weighted by Crippen LogP contribution is -2.00. The number of hydrogen-bond acceptors (Lipinski definition) is 5. The highest BCUT2D eigenvalue weighted by Crippen LogP contribution is 2.14. The Labute approximate surface area is 89.2 Å². The lowest BCUT2D eigenvalue weighted by molar-refractivity contribution is 0.621. The highest BCUT2D eigenvalue weighted by molar-refractivity contribution is 6.28. The van der Waals surface area contributed by atoms with Crippen molar-refractivity contribution < 1.29 is 4.39 Å². The first-order chi connectivity index (χ1) is 7.15. The van der Waals surface area contributed by atoms with Gasteiger partial charge in [-0.1, -0.05) is 0 Å². The van der Waals surface area contributed by atoms with Gasteiger partial charge in [0.1, 0.15) is 11.5 Å². The van der Waals surface area contributed by atoms with Gasteiger partial charge in [-0.3, -0.25) is 0 Å². The number of rotatable bonds is 1. The summed E-state index contributed by atoms with van der Waals surface area (Å²) >= 11 is 5.59. The van der Waals surface area contributed by atoms with Crippen molar-refractivity contribution in [2.75, 3.05) is 5.73 Å². The number of halogens is 2. The lowest BCUT2D eigenvalue weighted by atomic mass is 10.3. The summed E-state index contributed by atoms with van der Waals surface area (Å²) in [6, 6.07) is 2.68. The van der Waals surface area contributed by atoms with E-state index in [4.69, 9.17) is 17.3 Å². The summed E-state index contributed by atoms with van der Waals surface area (Å²) in [7, 11) is 0. The Morgan fingerprint density at radius 3 is 2.60 bits per heavy atom. The minimum absolute atomic E-state index is 0.00359. The highest BCUT2D eigenvalue weighted by Gasteiger charge is 2.06. The third kappa shape index (κ3) is 2.16. The van der Waals surface area contributed by atoms with Gasteiger partial charge in [-0.05, 0) is 23.7 Å². The predicted molar refractivity (Wildman–Crippen MR) is 52.4 cm³/mol. The van der Waals surface area contributed by atoms with Gasteiger partial charge >= 0.3 is 0 Å². The van der Waals surface area contributed by atoms with Crippen molar-refractivity contribution in [2.24, 2.45) is 0 Å². The van der Waals surface area contributed by atoms with E-state index in [0.29, 0.717) is 5.69 Å². The van der Waals surface area contributed by atoms with E-state index < -0.39 is 5.82 Å². The van der Waals surface area contributed by atoms with Gasteiger partial charge in [0.25, 0.3) is 0 Å². The number of nitrogen functional groups attached to an aromatic ring is 1. The average molecular weight is 226 g/mol. The number of anilines is 1. The molecule has 0 unspecified atom stereocenters. The zero-order chi connectivity index (χ0) is 10.8. The number of nitrogens with zero attached hydrogens (tertiary/aromatic N) is 4. The zero-order valence-corrected chi connectivity index (χ0v) is 8.11. The summed E-state index contributed by atoms with van der Waals surface area (Å²) < 4.78 is 12.6. The molecule has 0 fully saturated rings. The predicted octanol–water partition coefficient (Wildman–Crippen LogP) is 1.31. The highest BCUT2D eigenvalue weighted by atomic mass is 35.5. The summed E-state index contributed by atoms with van der Waals surface area (Å²) in [5.74, 6) is -0.226. The van der Waals surface area contributed by atoms with Crippen molar-refractivity contribution in [2.45, 2.75) is 0 Å². The van der Waals surface area contributed by atoms with Crippen LogP contribution in [0, 0.1) is 5.82 Å². The van der Waals surface area contributed by atoms with Gasteiger partial charge in [0.2, 0.25) is 11.2 Å². The molecule has 0 spiro atoms. The third-order valence-electron chi connectivity index (χ3n) is 1.58. The van der Waals surface area contributed by atoms with E-state index in [1.54, 1.807) is 0 Å². The van der Waals surface area contributed by atoms with E-state index in [2.05, 4.69) is 19.9 Å². The Balaban J connectivity index is 2.49. The van der Waals surface area contributed by atoms with Gasteiger partial charge in [0.15, 0.2) is 5.82 Å². The third-order valence-corrected chi connectivity index (χ3v) is 1.75. The molecule has 2 rings (SSSR count). The first kappa shape index (κ1) is 9.72. The molecule has 0 saturated carbocycles. The molecule has 15 heavy (non-hydrogen) atoms. The standard InChI is InChI=1S/C8H5ClFN5/c9-7-13-6(14-8(11)15-7)5-2-1-4(10)3-12-5/h1-3H,(H2,11,13,14,15). The Bertz CT molecular complexity index is 467. The summed E-state index contributed by atoms with van der Waals surface area (Å²) in [5.41, 5.74) is 5.76. The smallest absolute Gasteiger partial charge is 0.227 e. The number of aromatic nitrogens is 4. The van der Waals surface area contributed by atoms with Crippen molar-refractivity contribution in [3.8, 4) is 11.5 Å². The van der Waals surface area contributed by atoms with E-state index in [9.17, 15) is 4.39 Å². The molecule has 0 atom stereocenters. The van der Waals surface area contributed by atoms with Crippen LogP contribution in [0.2, 0.25) is 5.28 Å². The molecule has 2 aromatic rings. The van der Waals surface area contributed by atoms with Crippen LogP contribution in [-0.4, -0.2) is 19.9 Å². The molecule has 2 aromatic heterocycles. The topological polar surface area (TPSA) is 77.6 Å². The summed E-state index contributed by atoms with van der Waals surface area (Å²) in [4.78, 5) is 15.0. The summed E-state index contributed by atoms with van der Waals surface area (Å²) in [6.07, 6.45) is 1.06. The fourth-order valence-corrected chi connectivity index (χ4v) is 1.15. The van der Waals surface area contributed by atoms with Crippen LogP contribution in [0.25, 0.3) is 11.5 Å². The number of hydrogen-bond donors (Lipinski definition) is 1. The Kier molecular flexibility index (Phi) is 2.42. The molecule has 5 nitrogen and oxygen atoms in total. The Hall–Kier alpha value is -1.82. The Morgan fingerprint density at radius 1 is 1.20 bits per heavy atom. The first-order valence-electron chi connectivity index (χ1n) is 3.94. The number of pyridine rings is 1. The molecule has 0 aliphatic heterocycles. The lowest BCUT2D eigenvalue weighted by Gasteiger charge is -1.99. The fourth-order valence-electron chi connectivity index (χ4n) is 0.988. The molecule has 0 radical (unpaired) electrons. The van der Waals surface area contributed by atoms with Crippen molar-refractivity contribution in [3.05, 3.63) is 29.4 Å². The quantitative estimate of drug-likeness (QED) is 0.792. The molecule has 0 saturated heterocycles. The van der Waals surface area contributed by atoms with E-state index in [1.807, 2.05) is 0 Å². The Morgan fingerprint density at radius 2 is 2.00 bits per heavy atom. The molecular weight excluding hydrogens is 221 g/mol. The average Bonchev–Trinajstić information content (AvgIpc) is 2.17. The molecule has 7 heteroatoms. The number of nitrogens with two attached hydrogens (primary N) is 1. The second-order valence-electron chi connectivity index (χ2n) is 2.65. The van der Waals surface area contributed by atoms with Crippen LogP contribution in [0.1, 0.15) is 0 Å². The van der Waals surface area contributed by atoms with Gasteiger partial charge in [-0.2, -0.15) is 15.0 Å². The molecule has 76 valence electrons. The van der Waals surface area contributed by atoms with Crippen LogP contribution in [0.15, 0.2) is 18.3 Å². The molecule has 0 aliphatic carbocycles. The zero-order valence-electron chi connectivity index (χ0n) is 7.35. The molecule has 2 heterocycles. The van der Waals surface area contributed by atoms with Crippen LogP contribution >= 0.6 is 11.6 Å². The van der Waals surface area contributed by atoms with Crippen LogP contribution in [-0.2, 0) is 0 Å². The van der Waals surface area contributed by atoms with Gasteiger partial charge in [0.05, 0.1) is 6.20 Å². The maximum absolute atomic E-state index is 12.6. The van der Waals surface area contributed by atoms with E-state index >= 15 is 0 Å². The molecule has 0 aromatic carbocycles. The minimum atomic E-state index is -0.438. The molecule has 0 aliphatic rings. The van der Waals surface area contributed by atoms with E-state index in [-0.39, 0.29) is 17.1 Å². The monoisotopic (exact) mass is 225 g/mol. The van der Waals surface area contributed by atoms with Crippen LogP contribution < -0.4 is 5.73 Å². The fraction of sp³-hybridized carbons (Fsp3) is 0. The van der Waals surface area contributed by atoms with Crippen molar-refractivity contribution in [1.29, 1.82) is 0 Å². The molecular formula is C8H5ClFN5. The van der Waals surface area contributed by atoms with Gasteiger partial charge in [0, 0.05) is 0 Å². The SMILES string of the molecule is Nc1nc(Cl)nc(-c2ccc(F)cn2)n1. The molecule has 2 N–H and O–H groups in total. The van der Waals surface area contributed by atoms with Crippen molar-refractivity contribution in [1.82, 2.24) is 19.9 Å². The van der Waals surface area contributed by atoms with Gasteiger partial charge < -0.3 is 5.73 Å². The maximum Gasteiger partial charge on any atom is 0.227 e. The van der Waals surface area contributed by atoms with E-state index in [1.165, 1.54) is 12.1 Å². The largest absolute Gasteiger partial charge is 0.368 e. The molecule has 0 amide bonds. The van der Waals surface area contributed by atoms with Gasteiger partial charge in [-0.15, -0.1) is 0 Å². The second-order valence-corrected chi connectivity index (χ2v) is 2.99. The second kappa shape index (κ2) is 3.74. The summed E-state index contributed by atoms with van der Waals surface area (Å²) in [6.45, 7) is 0. The first-order valence-corrected chi connectivity index (χ1v) is 4.32. The van der Waals surface area contributed by atoms with Crippen LogP contribution in [0.5, 0.6) is 0 Å². The normalized spacial score (nSPS) is 10.3. The van der Waals surface area contributed by atoms with Crippen molar-refractivity contribution >= 4 is 17.5 Å². The van der Waals surface area contributed by atoms with E-state index in [0.717, 1.165) is 6.20 Å².